The first-order valence-corrected chi connectivity index (χ1v) is 12.4. The van der Waals surface area contributed by atoms with Gasteiger partial charge in [0.2, 0.25) is 0 Å². The number of benzene rings is 2. The van der Waals surface area contributed by atoms with Gasteiger partial charge >= 0.3 is 0 Å². The number of hydrogen-bond acceptors (Lipinski definition) is 8. The molecule has 0 radical (unpaired) electrons. The van der Waals surface area contributed by atoms with Crippen LogP contribution in [0.25, 0.3) is 22.3 Å². The standard InChI is InChI=1S/C28H30N6O4/c1-36-13-14-38-21-12-11-20(15-21)34-27-24(26(29)31-17-32-27)25(33-34)19-9-7-18(8-10-19)16-30-28(35)22-5-3-4-6-23(22)37-2/h3-12,17,20-21H,13-16H2,1-2H3,(H,30,35)(H2,29,31,32)/t20-,21?/m0/s1. The van der Waals surface area contributed by atoms with Crippen molar-refractivity contribution in [3.8, 4) is 17.0 Å². The lowest BCUT2D eigenvalue weighted by atomic mass is 10.1. The summed E-state index contributed by atoms with van der Waals surface area (Å²) in [6, 6.07) is 15.0. The minimum Gasteiger partial charge on any atom is -0.496 e. The molecule has 1 unspecified atom stereocenters. The number of rotatable bonds is 10. The van der Waals surface area contributed by atoms with E-state index < -0.39 is 0 Å². The Morgan fingerprint density at radius 3 is 2.68 bits per heavy atom. The van der Waals surface area contributed by atoms with Crippen molar-refractivity contribution < 1.29 is 19.0 Å². The molecule has 0 bridgehead atoms. The van der Waals surface area contributed by atoms with Crippen molar-refractivity contribution in [2.45, 2.75) is 25.1 Å². The number of fused-ring (bicyclic) bond motifs is 1. The third kappa shape index (κ3) is 5.22. The van der Waals surface area contributed by atoms with E-state index >= 15 is 0 Å². The highest BCUT2D eigenvalue weighted by molar-refractivity contribution is 5.98. The Morgan fingerprint density at radius 1 is 1.08 bits per heavy atom. The van der Waals surface area contributed by atoms with E-state index in [0.29, 0.717) is 53.6 Å². The lowest BCUT2D eigenvalue weighted by Crippen LogP contribution is -2.23. The minimum absolute atomic E-state index is 0.0117. The fourth-order valence-electron chi connectivity index (χ4n) is 4.55. The predicted octanol–water partition coefficient (Wildman–Crippen LogP) is 3.55. The van der Waals surface area contributed by atoms with E-state index in [1.54, 1.807) is 32.4 Å². The normalized spacial score (nSPS) is 16.7. The number of amides is 1. The molecule has 38 heavy (non-hydrogen) atoms. The Balaban J connectivity index is 1.34. The summed E-state index contributed by atoms with van der Waals surface area (Å²) >= 11 is 0. The maximum atomic E-state index is 12.6. The monoisotopic (exact) mass is 514 g/mol. The van der Waals surface area contributed by atoms with E-state index in [1.165, 1.54) is 6.33 Å². The summed E-state index contributed by atoms with van der Waals surface area (Å²) < 4.78 is 18.1. The van der Waals surface area contributed by atoms with Crippen LogP contribution in [0.3, 0.4) is 0 Å². The van der Waals surface area contributed by atoms with Gasteiger partial charge in [-0.2, -0.15) is 5.10 Å². The van der Waals surface area contributed by atoms with Crippen molar-refractivity contribution >= 4 is 22.8 Å². The van der Waals surface area contributed by atoms with Gasteiger partial charge in [-0.05, 0) is 17.7 Å². The molecule has 1 amide bonds. The predicted molar refractivity (Wildman–Crippen MR) is 144 cm³/mol. The van der Waals surface area contributed by atoms with E-state index in [0.717, 1.165) is 17.5 Å². The molecule has 4 aromatic rings. The van der Waals surface area contributed by atoms with Gasteiger partial charge in [0.05, 0.1) is 43.4 Å². The Hall–Kier alpha value is -4.28. The highest BCUT2D eigenvalue weighted by Gasteiger charge is 2.26. The summed E-state index contributed by atoms with van der Waals surface area (Å²) in [5.74, 6) is 0.710. The number of nitrogens with one attached hydrogen (secondary N) is 1. The van der Waals surface area contributed by atoms with Gasteiger partial charge in [-0.3, -0.25) is 4.79 Å². The van der Waals surface area contributed by atoms with Crippen LogP contribution in [-0.4, -0.2) is 59.2 Å². The first kappa shape index (κ1) is 25.4. The molecule has 0 spiro atoms. The van der Waals surface area contributed by atoms with Gasteiger partial charge in [-0.1, -0.05) is 48.6 Å². The molecule has 5 rings (SSSR count). The molecule has 10 heteroatoms. The number of anilines is 1. The van der Waals surface area contributed by atoms with Crippen molar-refractivity contribution in [1.82, 2.24) is 25.1 Å². The lowest BCUT2D eigenvalue weighted by Gasteiger charge is -2.14. The highest BCUT2D eigenvalue weighted by atomic mass is 16.5. The van der Waals surface area contributed by atoms with Crippen LogP contribution in [0.5, 0.6) is 5.75 Å². The summed E-state index contributed by atoms with van der Waals surface area (Å²) in [6.07, 6.45) is 6.32. The van der Waals surface area contributed by atoms with Crippen LogP contribution in [0.15, 0.2) is 67.0 Å². The van der Waals surface area contributed by atoms with Gasteiger partial charge in [0.25, 0.3) is 5.91 Å². The maximum Gasteiger partial charge on any atom is 0.255 e. The first-order chi connectivity index (χ1) is 18.6. The third-order valence-electron chi connectivity index (χ3n) is 6.51. The second-order valence-corrected chi connectivity index (χ2v) is 8.92. The van der Waals surface area contributed by atoms with Crippen LogP contribution >= 0.6 is 0 Å². The van der Waals surface area contributed by atoms with Crippen molar-refractivity contribution in [3.63, 3.8) is 0 Å². The summed E-state index contributed by atoms with van der Waals surface area (Å²) in [5.41, 5.74) is 9.98. The number of nitrogen functional groups attached to an aromatic ring is 1. The van der Waals surface area contributed by atoms with E-state index in [9.17, 15) is 4.79 Å². The van der Waals surface area contributed by atoms with Gasteiger partial charge in [0.1, 0.15) is 23.6 Å². The fourth-order valence-corrected chi connectivity index (χ4v) is 4.55. The van der Waals surface area contributed by atoms with Crippen molar-refractivity contribution in [2.75, 3.05) is 33.2 Å². The zero-order valence-electron chi connectivity index (χ0n) is 21.3. The molecule has 0 saturated heterocycles. The third-order valence-corrected chi connectivity index (χ3v) is 6.51. The molecular weight excluding hydrogens is 484 g/mol. The van der Waals surface area contributed by atoms with E-state index in [4.69, 9.17) is 25.0 Å². The molecular formula is C28H30N6O4. The summed E-state index contributed by atoms with van der Waals surface area (Å²) in [5, 5.41) is 8.57. The molecule has 1 aliphatic carbocycles. The zero-order chi connectivity index (χ0) is 26.5. The molecule has 2 aromatic carbocycles. The van der Waals surface area contributed by atoms with Crippen molar-refractivity contribution in [1.29, 1.82) is 0 Å². The van der Waals surface area contributed by atoms with Gasteiger partial charge in [-0.25, -0.2) is 14.6 Å². The summed E-state index contributed by atoms with van der Waals surface area (Å²) in [7, 11) is 3.20. The number of nitrogens with zero attached hydrogens (tertiary/aromatic N) is 4. The molecule has 2 aromatic heterocycles. The van der Waals surface area contributed by atoms with Gasteiger partial charge in [0.15, 0.2) is 5.65 Å². The summed E-state index contributed by atoms with van der Waals surface area (Å²) in [4.78, 5) is 21.3. The van der Waals surface area contributed by atoms with E-state index in [-0.39, 0.29) is 18.1 Å². The quantitative estimate of drug-likeness (QED) is 0.243. The van der Waals surface area contributed by atoms with E-state index in [2.05, 4.69) is 21.4 Å². The number of hydrogen-bond donors (Lipinski definition) is 2. The molecule has 196 valence electrons. The Morgan fingerprint density at radius 2 is 1.89 bits per heavy atom. The smallest absolute Gasteiger partial charge is 0.255 e. The molecule has 10 nitrogen and oxygen atoms in total. The average Bonchev–Trinajstić information content (AvgIpc) is 3.58. The number of allylic oxidation sites excluding steroid dienone is 1. The maximum absolute atomic E-state index is 12.6. The number of methoxy groups -OCH3 is 2. The molecule has 3 N–H and O–H groups in total. The van der Waals surface area contributed by atoms with Gasteiger partial charge in [-0.15, -0.1) is 0 Å². The van der Waals surface area contributed by atoms with Crippen LogP contribution in [-0.2, 0) is 16.0 Å². The van der Waals surface area contributed by atoms with Crippen molar-refractivity contribution in [2.24, 2.45) is 0 Å². The molecule has 0 aliphatic heterocycles. The van der Waals surface area contributed by atoms with Crippen LogP contribution in [0, 0.1) is 0 Å². The first-order valence-electron chi connectivity index (χ1n) is 12.4. The van der Waals surface area contributed by atoms with E-state index in [1.807, 2.05) is 41.1 Å². The number of ether oxygens (including phenoxy) is 3. The average molecular weight is 515 g/mol. The largest absolute Gasteiger partial charge is 0.496 e. The van der Waals surface area contributed by atoms with Crippen LogP contribution in [0.2, 0.25) is 0 Å². The lowest BCUT2D eigenvalue weighted by molar-refractivity contribution is 0.0363. The van der Waals surface area contributed by atoms with Crippen LogP contribution in [0.4, 0.5) is 5.82 Å². The highest BCUT2D eigenvalue weighted by Crippen LogP contribution is 2.34. The topological polar surface area (TPSA) is 126 Å². The number of carbonyl (C=O) groups is 1. The van der Waals surface area contributed by atoms with Crippen molar-refractivity contribution in [3.05, 3.63) is 78.1 Å². The van der Waals surface area contributed by atoms with Gasteiger partial charge < -0.3 is 25.3 Å². The van der Waals surface area contributed by atoms with Crippen LogP contribution < -0.4 is 15.8 Å². The van der Waals surface area contributed by atoms with Crippen LogP contribution in [0.1, 0.15) is 28.4 Å². The molecule has 1 aliphatic rings. The second-order valence-electron chi connectivity index (χ2n) is 8.92. The minimum atomic E-state index is -0.199. The molecule has 0 saturated carbocycles. The second kappa shape index (κ2) is 11.4. The Labute approximate surface area is 220 Å². The molecule has 2 heterocycles. The SMILES string of the molecule is COCCOC1C=C[C@H](n2nc(-c3ccc(CNC(=O)c4ccccc4OC)cc3)c3c(N)ncnc32)C1. The Kier molecular flexibility index (Phi) is 7.62. The zero-order valence-corrected chi connectivity index (χ0v) is 21.3. The molecule has 0 fully saturated rings. The number of nitrogens with two attached hydrogens (primary N) is 1. The number of carbonyl (C=O) groups excluding carboxylic acids is 1. The number of para-hydroxylation sites is 1. The molecule has 2 atom stereocenters. The number of aromatic nitrogens is 4. The Bertz CT molecular complexity index is 1450. The fraction of sp³-hybridized carbons (Fsp3) is 0.286. The summed E-state index contributed by atoms with van der Waals surface area (Å²) in [6.45, 7) is 1.45. The van der Waals surface area contributed by atoms with Gasteiger partial charge in [0, 0.05) is 25.6 Å².